The molecule has 2 N–H and O–H groups in total. The Hall–Kier alpha value is -0.810. The molecule has 0 bridgehead atoms. The summed E-state index contributed by atoms with van der Waals surface area (Å²) in [4.78, 5) is 0. The van der Waals surface area contributed by atoms with Gasteiger partial charge >= 0.3 is 0 Å². The van der Waals surface area contributed by atoms with E-state index in [2.05, 4.69) is 29.6 Å². The average Bonchev–Trinajstić information content (AvgIpc) is 2.52. The Balaban J connectivity index is 2.18. The molecule has 0 aliphatic rings. The maximum Gasteiger partial charge on any atom is 0.166 e. The molecular formula is C11H19ClN4S. The number of halogens is 1. The molecule has 0 unspecified atom stereocenters. The summed E-state index contributed by atoms with van der Waals surface area (Å²) in [6, 6.07) is 0.363. The number of hydrogen-bond donors (Lipinski definition) is 2. The van der Waals surface area contributed by atoms with Crippen molar-refractivity contribution in [2.45, 2.75) is 39.8 Å². The lowest BCUT2D eigenvalue weighted by Crippen LogP contribution is -2.39. The maximum absolute atomic E-state index is 5.92. The molecule has 1 aromatic rings. The zero-order valence-electron chi connectivity index (χ0n) is 10.5. The van der Waals surface area contributed by atoms with Crippen LogP contribution in [0.1, 0.15) is 26.0 Å². The van der Waals surface area contributed by atoms with Gasteiger partial charge in [0.05, 0.1) is 10.7 Å². The minimum absolute atomic E-state index is 0.363. The van der Waals surface area contributed by atoms with Crippen LogP contribution in [0.4, 0.5) is 0 Å². The van der Waals surface area contributed by atoms with Gasteiger partial charge in [-0.05, 0) is 39.4 Å². The number of hydrogen-bond acceptors (Lipinski definition) is 2. The molecule has 17 heavy (non-hydrogen) atoms. The van der Waals surface area contributed by atoms with Crippen LogP contribution in [0, 0.1) is 6.92 Å². The van der Waals surface area contributed by atoms with E-state index in [1.165, 1.54) is 0 Å². The number of rotatable bonds is 5. The maximum atomic E-state index is 5.92. The minimum atomic E-state index is 0.363. The molecule has 1 aromatic heterocycles. The largest absolute Gasteiger partial charge is 0.363 e. The molecule has 0 saturated carbocycles. The highest BCUT2D eigenvalue weighted by Crippen LogP contribution is 2.11. The van der Waals surface area contributed by atoms with Crippen LogP contribution in [0.3, 0.4) is 0 Å². The topological polar surface area (TPSA) is 41.9 Å². The summed E-state index contributed by atoms with van der Waals surface area (Å²) in [6.45, 7) is 7.68. The lowest BCUT2D eigenvalue weighted by molar-refractivity contribution is 0.567. The van der Waals surface area contributed by atoms with Crippen LogP contribution in [0.5, 0.6) is 0 Å². The van der Waals surface area contributed by atoms with Gasteiger partial charge in [0.25, 0.3) is 0 Å². The zero-order valence-corrected chi connectivity index (χ0v) is 12.0. The fourth-order valence-corrected chi connectivity index (χ4v) is 1.85. The first-order valence-corrected chi connectivity index (χ1v) is 6.51. The second-order valence-electron chi connectivity index (χ2n) is 4.23. The molecule has 4 nitrogen and oxygen atoms in total. The van der Waals surface area contributed by atoms with E-state index in [0.717, 1.165) is 30.2 Å². The Bertz CT molecular complexity index is 356. The van der Waals surface area contributed by atoms with E-state index < -0.39 is 0 Å². The third-order valence-corrected chi connectivity index (χ3v) is 2.79. The Labute approximate surface area is 113 Å². The Morgan fingerprint density at radius 1 is 1.59 bits per heavy atom. The van der Waals surface area contributed by atoms with E-state index in [-0.39, 0.29) is 0 Å². The van der Waals surface area contributed by atoms with Crippen LogP contribution < -0.4 is 10.6 Å². The lowest BCUT2D eigenvalue weighted by Gasteiger charge is -2.12. The van der Waals surface area contributed by atoms with Crippen LogP contribution >= 0.6 is 23.8 Å². The summed E-state index contributed by atoms with van der Waals surface area (Å²) in [5.41, 5.74) is 0.872. The molecule has 0 fully saturated rings. The molecule has 0 amide bonds. The third kappa shape index (κ3) is 5.37. The van der Waals surface area contributed by atoms with Crippen molar-refractivity contribution < 1.29 is 0 Å². The standard InChI is InChI=1S/C11H19ClN4S/c1-8(2)14-11(17)13-5-4-6-16-7-10(12)9(3)15-16/h7-8H,4-6H2,1-3H3,(H2,13,14,17). The van der Waals surface area contributed by atoms with Crippen LogP contribution in [0.15, 0.2) is 6.20 Å². The average molecular weight is 275 g/mol. The third-order valence-electron chi connectivity index (χ3n) is 2.16. The van der Waals surface area contributed by atoms with Gasteiger partial charge in [-0.2, -0.15) is 5.10 Å². The highest BCUT2D eigenvalue weighted by Gasteiger charge is 2.01. The smallest absolute Gasteiger partial charge is 0.166 e. The molecule has 1 heterocycles. The van der Waals surface area contributed by atoms with Crippen LogP contribution in [0.25, 0.3) is 0 Å². The van der Waals surface area contributed by atoms with Crippen molar-refractivity contribution in [3.05, 3.63) is 16.9 Å². The van der Waals surface area contributed by atoms with E-state index in [9.17, 15) is 0 Å². The monoisotopic (exact) mass is 274 g/mol. The van der Waals surface area contributed by atoms with Gasteiger partial charge in [-0.3, -0.25) is 4.68 Å². The molecule has 0 aromatic carbocycles. The van der Waals surface area contributed by atoms with Crippen molar-refractivity contribution in [1.29, 1.82) is 0 Å². The predicted molar refractivity (Wildman–Crippen MR) is 75.5 cm³/mol. The summed E-state index contributed by atoms with van der Waals surface area (Å²) in [5.74, 6) is 0. The fraction of sp³-hybridized carbons (Fsp3) is 0.636. The van der Waals surface area contributed by atoms with Gasteiger partial charge in [-0.1, -0.05) is 11.6 Å². The van der Waals surface area contributed by atoms with Crippen LogP contribution in [-0.4, -0.2) is 27.5 Å². The first-order valence-electron chi connectivity index (χ1n) is 5.73. The van der Waals surface area contributed by atoms with Gasteiger partial charge in [-0.25, -0.2) is 0 Å². The molecule has 96 valence electrons. The number of nitrogens with zero attached hydrogens (tertiary/aromatic N) is 2. The van der Waals surface area contributed by atoms with Gasteiger partial charge in [0.1, 0.15) is 0 Å². The quantitative estimate of drug-likeness (QED) is 0.637. The van der Waals surface area contributed by atoms with Crippen LogP contribution in [0.2, 0.25) is 5.02 Å². The Kier molecular flexibility index (Phi) is 5.71. The van der Waals surface area contributed by atoms with Gasteiger partial charge in [0.2, 0.25) is 0 Å². The van der Waals surface area contributed by atoms with Crippen LogP contribution in [-0.2, 0) is 6.54 Å². The summed E-state index contributed by atoms with van der Waals surface area (Å²) < 4.78 is 1.86. The van der Waals surface area contributed by atoms with Gasteiger partial charge in [-0.15, -0.1) is 0 Å². The van der Waals surface area contributed by atoms with Crippen molar-refractivity contribution in [3.8, 4) is 0 Å². The summed E-state index contributed by atoms with van der Waals surface area (Å²) in [6.07, 6.45) is 2.80. The number of nitrogens with one attached hydrogen (secondary N) is 2. The first-order chi connectivity index (χ1) is 7.99. The van der Waals surface area contributed by atoms with E-state index in [4.69, 9.17) is 23.8 Å². The van der Waals surface area contributed by atoms with Gasteiger partial charge in [0, 0.05) is 25.3 Å². The summed E-state index contributed by atoms with van der Waals surface area (Å²) in [5, 5.41) is 12.0. The normalized spacial score (nSPS) is 10.6. The number of aryl methyl sites for hydroxylation is 2. The predicted octanol–water partition coefficient (Wildman–Crippen LogP) is 2.11. The van der Waals surface area contributed by atoms with E-state index in [1.54, 1.807) is 0 Å². The van der Waals surface area contributed by atoms with Gasteiger partial charge in [0.15, 0.2) is 5.11 Å². The van der Waals surface area contributed by atoms with Crippen molar-refractivity contribution in [1.82, 2.24) is 20.4 Å². The lowest BCUT2D eigenvalue weighted by atomic mass is 10.4. The van der Waals surface area contributed by atoms with E-state index in [1.807, 2.05) is 17.8 Å². The Morgan fingerprint density at radius 3 is 2.82 bits per heavy atom. The molecule has 6 heteroatoms. The van der Waals surface area contributed by atoms with Gasteiger partial charge < -0.3 is 10.6 Å². The molecule has 0 aliphatic carbocycles. The zero-order chi connectivity index (χ0) is 12.8. The molecule has 0 spiro atoms. The van der Waals surface area contributed by atoms with E-state index >= 15 is 0 Å². The molecule has 0 atom stereocenters. The van der Waals surface area contributed by atoms with Crippen molar-refractivity contribution in [2.75, 3.05) is 6.54 Å². The van der Waals surface area contributed by atoms with E-state index in [0.29, 0.717) is 11.2 Å². The van der Waals surface area contributed by atoms with Crippen molar-refractivity contribution in [3.63, 3.8) is 0 Å². The SMILES string of the molecule is Cc1nn(CCCNC(=S)NC(C)C)cc1Cl. The summed E-state index contributed by atoms with van der Waals surface area (Å²) >= 11 is 11.0. The second kappa shape index (κ2) is 6.81. The second-order valence-corrected chi connectivity index (χ2v) is 5.05. The first kappa shape index (κ1) is 14.3. The van der Waals surface area contributed by atoms with Crippen molar-refractivity contribution in [2.24, 2.45) is 0 Å². The number of thiocarbonyl (C=S) groups is 1. The Morgan fingerprint density at radius 2 is 2.29 bits per heavy atom. The molecule has 0 radical (unpaired) electrons. The molecule has 0 aliphatic heterocycles. The molecular weight excluding hydrogens is 256 g/mol. The fourth-order valence-electron chi connectivity index (χ4n) is 1.36. The molecule has 1 rings (SSSR count). The minimum Gasteiger partial charge on any atom is -0.363 e. The molecule has 0 saturated heterocycles. The number of aromatic nitrogens is 2. The summed E-state index contributed by atoms with van der Waals surface area (Å²) in [7, 11) is 0. The highest BCUT2D eigenvalue weighted by molar-refractivity contribution is 7.80. The highest BCUT2D eigenvalue weighted by atomic mass is 35.5. The van der Waals surface area contributed by atoms with Crippen molar-refractivity contribution >= 4 is 28.9 Å².